The van der Waals surface area contributed by atoms with E-state index in [-0.39, 0.29) is 0 Å². The standard InChI is InChI=1S/C16H22N4/c1-13-17-10-15(19-13)11-18-16-7-3-2-6-14(16)12-20-8-4-5-9-20/h2-3,6-7,10,18H,4-5,8-9,11-12H2,1H3,(H,17,19). The second kappa shape index (κ2) is 6.09. The molecule has 20 heavy (non-hydrogen) atoms. The Kier molecular flexibility index (Phi) is 4.02. The second-order valence-corrected chi connectivity index (χ2v) is 5.49. The van der Waals surface area contributed by atoms with Crippen LogP contribution in [0.1, 0.15) is 29.9 Å². The maximum atomic E-state index is 4.23. The number of aromatic nitrogens is 2. The molecule has 2 N–H and O–H groups in total. The average molecular weight is 270 g/mol. The molecule has 0 unspecified atom stereocenters. The number of aromatic amines is 1. The van der Waals surface area contributed by atoms with Gasteiger partial charge in [0.1, 0.15) is 5.82 Å². The van der Waals surface area contributed by atoms with Crippen molar-refractivity contribution in [3.63, 3.8) is 0 Å². The predicted molar refractivity (Wildman–Crippen MR) is 81.6 cm³/mol. The third-order valence-corrected chi connectivity index (χ3v) is 3.83. The Hall–Kier alpha value is -1.81. The Morgan fingerprint density at radius 2 is 2.05 bits per heavy atom. The third-order valence-electron chi connectivity index (χ3n) is 3.83. The number of imidazole rings is 1. The molecule has 0 aliphatic carbocycles. The lowest BCUT2D eigenvalue weighted by Crippen LogP contribution is -2.19. The molecular weight excluding hydrogens is 248 g/mol. The van der Waals surface area contributed by atoms with Crippen molar-refractivity contribution >= 4 is 5.69 Å². The van der Waals surface area contributed by atoms with E-state index in [0.717, 1.165) is 24.6 Å². The van der Waals surface area contributed by atoms with E-state index in [4.69, 9.17) is 0 Å². The molecule has 1 aromatic carbocycles. The third kappa shape index (κ3) is 3.20. The van der Waals surface area contributed by atoms with Gasteiger partial charge in [-0.3, -0.25) is 4.90 Å². The summed E-state index contributed by atoms with van der Waals surface area (Å²) in [4.78, 5) is 10.0. The maximum Gasteiger partial charge on any atom is 0.103 e. The quantitative estimate of drug-likeness (QED) is 0.878. The molecule has 0 saturated carbocycles. The van der Waals surface area contributed by atoms with Crippen LogP contribution in [0.2, 0.25) is 0 Å². The average Bonchev–Trinajstić information content (AvgIpc) is 3.10. The van der Waals surface area contributed by atoms with Gasteiger partial charge < -0.3 is 10.3 Å². The minimum atomic E-state index is 0.790. The number of likely N-dealkylation sites (tertiary alicyclic amines) is 1. The second-order valence-electron chi connectivity index (χ2n) is 5.49. The van der Waals surface area contributed by atoms with Gasteiger partial charge >= 0.3 is 0 Å². The molecule has 0 atom stereocenters. The molecule has 1 saturated heterocycles. The number of rotatable bonds is 5. The molecule has 0 spiro atoms. The molecule has 0 amide bonds. The summed E-state index contributed by atoms with van der Waals surface area (Å²) in [6, 6.07) is 8.60. The van der Waals surface area contributed by atoms with E-state index < -0.39 is 0 Å². The highest BCUT2D eigenvalue weighted by atomic mass is 15.1. The molecule has 1 aliphatic heterocycles. The van der Waals surface area contributed by atoms with Crippen LogP contribution in [-0.4, -0.2) is 28.0 Å². The van der Waals surface area contributed by atoms with Gasteiger partial charge in [-0.15, -0.1) is 0 Å². The number of aryl methyl sites for hydroxylation is 1. The van der Waals surface area contributed by atoms with Gasteiger partial charge in [0.05, 0.1) is 18.4 Å². The summed E-state index contributed by atoms with van der Waals surface area (Å²) in [7, 11) is 0. The number of H-pyrrole nitrogens is 1. The SMILES string of the molecule is Cc1ncc(CNc2ccccc2CN2CCCC2)[nH]1. The first-order chi connectivity index (χ1) is 9.81. The van der Waals surface area contributed by atoms with Crippen LogP contribution in [-0.2, 0) is 13.1 Å². The van der Waals surface area contributed by atoms with Crippen LogP contribution in [0.15, 0.2) is 30.5 Å². The molecule has 1 aliphatic rings. The van der Waals surface area contributed by atoms with Crippen molar-refractivity contribution in [2.24, 2.45) is 0 Å². The van der Waals surface area contributed by atoms with E-state index >= 15 is 0 Å². The number of nitrogens with one attached hydrogen (secondary N) is 2. The van der Waals surface area contributed by atoms with Gasteiger partial charge in [-0.05, 0) is 44.5 Å². The summed E-state index contributed by atoms with van der Waals surface area (Å²) < 4.78 is 0. The van der Waals surface area contributed by atoms with Crippen molar-refractivity contribution in [3.8, 4) is 0 Å². The van der Waals surface area contributed by atoms with Crippen LogP contribution in [0, 0.1) is 6.92 Å². The molecule has 4 nitrogen and oxygen atoms in total. The van der Waals surface area contributed by atoms with Gasteiger partial charge in [-0.25, -0.2) is 4.98 Å². The molecule has 2 aromatic rings. The Bertz CT molecular complexity index is 555. The lowest BCUT2D eigenvalue weighted by Gasteiger charge is -2.18. The van der Waals surface area contributed by atoms with Gasteiger partial charge in [0.15, 0.2) is 0 Å². The number of hydrogen-bond acceptors (Lipinski definition) is 3. The molecule has 0 radical (unpaired) electrons. The molecule has 1 aromatic heterocycles. The van der Waals surface area contributed by atoms with Crippen molar-refractivity contribution in [2.45, 2.75) is 32.9 Å². The van der Waals surface area contributed by atoms with E-state index in [1.807, 2.05) is 13.1 Å². The van der Waals surface area contributed by atoms with Crippen molar-refractivity contribution in [3.05, 3.63) is 47.5 Å². The fourth-order valence-corrected chi connectivity index (χ4v) is 2.76. The molecule has 106 valence electrons. The zero-order valence-electron chi connectivity index (χ0n) is 12.0. The summed E-state index contributed by atoms with van der Waals surface area (Å²) >= 11 is 0. The fourth-order valence-electron chi connectivity index (χ4n) is 2.76. The summed E-state index contributed by atoms with van der Waals surface area (Å²) in [5, 5.41) is 3.52. The van der Waals surface area contributed by atoms with Gasteiger partial charge in [0, 0.05) is 12.2 Å². The number of para-hydroxylation sites is 1. The van der Waals surface area contributed by atoms with Gasteiger partial charge in [-0.2, -0.15) is 0 Å². The Labute approximate surface area is 120 Å². The molecule has 0 bridgehead atoms. The van der Waals surface area contributed by atoms with Crippen LogP contribution in [0.4, 0.5) is 5.69 Å². The smallest absolute Gasteiger partial charge is 0.103 e. The molecule has 1 fully saturated rings. The zero-order valence-corrected chi connectivity index (χ0v) is 12.0. The number of hydrogen-bond donors (Lipinski definition) is 2. The van der Waals surface area contributed by atoms with Crippen molar-refractivity contribution in [2.75, 3.05) is 18.4 Å². The largest absolute Gasteiger partial charge is 0.379 e. The van der Waals surface area contributed by atoms with Crippen molar-refractivity contribution < 1.29 is 0 Å². The lowest BCUT2D eigenvalue weighted by atomic mass is 10.1. The monoisotopic (exact) mass is 270 g/mol. The van der Waals surface area contributed by atoms with E-state index in [9.17, 15) is 0 Å². The summed E-state index contributed by atoms with van der Waals surface area (Å²) in [5.74, 6) is 0.965. The van der Waals surface area contributed by atoms with E-state index in [0.29, 0.717) is 0 Å². The first-order valence-corrected chi connectivity index (χ1v) is 7.36. The Morgan fingerprint density at radius 3 is 2.80 bits per heavy atom. The normalized spacial score (nSPS) is 15.7. The van der Waals surface area contributed by atoms with E-state index in [1.165, 1.54) is 37.2 Å². The highest BCUT2D eigenvalue weighted by Crippen LogP contribution is 2.20. The van der Waals surface area contributed by atoms with Crippen molar-refractivity contribution in [1.29, 1.82) is 0 Å². The van der Waals surface area contributed by atoms with Crippen LogP contribution in [0.25, 0.3) is 0 Å². The van der Waals surface area contributed by atoms with Crippen LogP contribution < -0.4 is 5.32 Å². The Balaban J connectivity index is 1.65. The predicted octanol–water partition coefficient (Wildman–Crippen LogP) is 2.93. The molecular formula is C16H22N4. The summed E-state index contributed by atoms with van der Waals surface area (Å²) in [5.41, 5.74) is 3.73. The van der Waals surface area contributed by atoms with Gasteiger partial charge in [0.25, 0.3) is 0 Å². The highest BCUT2D eigenvalue weighted by molar-refractivity contribution is 5.51. The minimum Gasteiger partial charge on any atom is -0.379 e. The van der Waals surface area contributed by atoms with E-state index in [1.54, 1.807) is 0 Å². The lowest BCUT2D eigenvalue weighted by molar-refractivity contribution is 0.332. The molecule has 3 rings (SSSR count). The molecule has 4 heteroatoms. The molecule has 2 heterocycles. The van der Waals surface area contributed by atoms with Gasteiger partial charge in [0.2, 0.25) is 0 Å². The summed E-state index contributed by atoms with van der Waals surface area (Å²) in [6.45, 7) is 6.27. The highest BCUT2D eigenvalue weighted by Gasteiger charge is 2.13. The first kappa shape index (κ1) is 13.2. The van der Waals surface area contributed by atoms with Crippen LogP contribution in [0.3, 0.4) is 0 Å². The fraction of sp³-hybridized carbons (Fsp3) is 0.438. The minimum absolute atomic E-state index is 0.790. The number of anilines is 1. The van der Waals surface area contributed by atoms with Crippen LogP contribution >= 0.6 is 0 Å². The zero-order chi connectivity index (χ0) is 13.8. The van der Waals surface area contributed by atoms with Gasteiger partial charge in [-0.1, -0.05) is 18.2 Å². The van der Waals surface area contributed by atoms with Crippen molar-refractivity contribution in [1.82, 2.24) is 14.9 Å². The first-order valence-electron chi connectivity index (χ1n) is 7.36. The Morgan fingerprint density at radius 1 is 1.25 bits per heavy atom. The van der Waals surface area contributed by atoms with Crippen LogP contribution in [0.5, 0.6) is 0 Å². The summed E-state index contributed by atoms with van der Waals surface area (Å²) in [6.07, 6.45) is 4.57. The number of benzene rings is 1. The number of nitrogens with zero attached hydrogens (tertiary/aromatic N) is 2. The topological polar surface area (TPSA) is 44.0 Å². The van der Waals surface area contributed by atoms with E-state index in [2.05, 4.69) is 44.5 Å². The maximum absolute atomic E-state index is 4.23.